The second-order valence-electron chi connectivity index (χ2n) is 5.68. The number of unbranched alkanes of at least 4 members (excludes halogenated alkanes) is 3. The van der Waals surface area contributed by atoms with Crippen molar-refractivity contribution in [1.29, 1.82) is 5.26 Å². The van der Waals surface area contributed by atoms with Crippen molar-refractivity contribution in [3.8, 4) is 6.07 Å². The van der Waals surface area contributed by atoms with Crippen molar-refractivity contribution in [1.82, 2.24) is 10.2 Å². The van der Waals surface area contributed by atoms with Crippen LogP contribution in [-0.4, -0.2) is 36.5 Å². The monoisotopic (exact) mass is 335 g/mol. The predicted octanol–water partition coefficient (Wildman–Crippen LogP) is 4.31. The standard InChI is InChI=1S/C15H31FN3O2P/c1-14(2)19(15(3)4)22(21-13-9-10-17)20-12-8-6-5-7-11-18-16/h14-15,18H,5-9,11-13H2,1-4H3. The summed E-state index contributed by atoms with van der Waals surface area (Å²) in [6, 6.07) is 2.74. The van der Waals surface area contributed by atoms with Crippen LogP contribution in [0.4, 0.5) is 4.48 Å². The third kappa shape index (κ3) is 10.4. The first kappa shape index (κ1) is 21.7. The van der Waals surface area contributed by atoms with Crippen molar-refractivity contribution in [3.63, 3.8) is 0 Å². The minimum absolute atomic E-state index is 0.323. The Morgan fingerprint density at radius 3 is 2.18 bits per heavy atom. The second kappa shape index (κ2) is 14.3. The van der Waals surface area contributed by atoms with Crippen LogP contribution < -0.4 is 5.54 Å². The average Bonchev–Trinajstić information content (AvgIpc) is 2.45. The molecule has 0 bridgehead atoms. The summed E-state index contributed by atoms with van der Waals surface area (Å²) in [6.07, 6.45) is 4.17. The van der Waals surface area contributed by atoms with Gasteiger partial charge in [-0.1, -0.05) is 12.8 Å². The molecule has 0 aliphatic heterocycles. The van der Waals surface area contributed by atoms with Gasteiger partial charge in [-0.2, -0.15) is 10.8 Å². The largest absolute Gasteiger partial charge is 0.322 e. The Balaban J connectivity index is 4.20. The van der Waals surface area contributed by atoms with Crippen molar-refractivity contribution in [3.05, 3.63) is 0 Å². The Morgan fingerprint density at radius 1 is 1.05 bits per heavy atom. The van der Waals surface area contributed by atoms with Gasteiger partial charge in [-0.3, -0.25) is 0 Å². The first-order chi connectivity index (χ1) is 10.5. The number of rotatable bonds is 14. The first-order valence-electron chi connectivity index (χ1n) is 8.09. The maximum atomic E-state index is 11.7. The number of halogens is 1. The molecular weight excluding hydrogens is 304 g/mol. The van der Waals surface area contributed by atoms with Crippen LogP contribution >= 0.6 is 8.53 Å². The van der Waals surface area contributed by atoms with Gasteiger partial charge in [0.05, 0.1) is 25.7 Å². The molecule has 0 saturated carbocycles. The quantitative estimate of drug-likeness (QED) is 0.291. The zero-order chi connectivity index (χ0) is 16.8. The molecule has 0 heterocycles. The van der Waals surface area contributed by atoms with Gasteiger partial charge in [0.2, 0.25) is 0 Å². The summed E-state index contributed by atoms with van der Waals surface area (Å²) in [5, 5.41) is 8.64. The third-order valence-corrected chi connectivity index (χ3v) is 5.14. The SMILES string of the molecule is CC(C)N(C(C)C)P(OCCC#N)OCCCCCCNF. The summed E-state index contributed by atoms with van der Waals surface area (Å²) in [5.41, 5.74) is 1.66. The van der Waals surface area contributed by atoms with Crippen LogP contribution in [0.2, 0.25) is 0 Å². The van der Waals surface area contributed by atoms with E-state index in [1.807, 2.05) is 0 Å². The van der Waals surface area contributed by atoms with E-state index in [-0.39, 0.29) is 0 Å². The second-order valence-corrected chi connectivity index (χ2v) is 7.13. The van der Waals surface area contributed by atoms with E-state index >= 15 is 0 Å². The molecule has 0 aromatic heterocycles. The lowest BCUT2D eigenvalue weighted by molar-refractivity contribution is 0.174. The van der Waals surface area contributed by atoms with Crippen LogP contribution in [0, 0.1) is 11.3 Å². The topological polar surface area (TPSA) is 57.5 Å². The van der Waals surface area contributed by atoms with Crippen LogP contribution in [0.3, 0.4) is 0 Å². The van der Waals surface area contributed by atoms with Gasteiger partial charge < -0.3 is 9.05 Å². The highest BCUT2D eigenvalue weighted by molar-refractivity contribution is 7.44. The molecule has 0 aromatic carbocycles. The molecule has 22 heavy (non-hydrogen) atoms. The van der Waals surface area contributed by atoms with E-state index in [1.165, 1.54) is 0 Å². The van der Waals surface area contributed by atoms with Gasteiger partial charge in [0.25, 0.3) is 8.53 Å². The van der Waals surface area contributed by atoms with Gasteiger partial charge in [-0.05, 0) is 40.5 Å². The number of hydrogen-bond acceptors (Lipinski definition) is 5. The van der Waals surface area contributed by atoms with Crippen LogP contribution in [0.15, 0.2) is 0 Å². The molecule has 7 heteroatoms. The summed E-state index contributed by atoms with van der Waals surface area (Å²) >= 11 is 0. The highest BCUT2D eigenvalue weighted by atomic mass is 31.2. The lowest BCUT2D eigenvalue weighted by Gasteiger charge is -2.35. The minimum atomic E-state index is -1.13. The highest BCUT2D eigenvalue weighted by Gasteiger charge is 2.26. The molecule has 0 aliphatic carbocycles. The minimum Gasteiger partial charge on any atom is -0.322 e. The fourth-order valence-electron chi connectivity index (χ4n) is 2.10. The molecule has 0 amide bonds. The lowest BCUT2D eigenvalue weighted by Crippen LogP contribution is -2.33. The molecule has 5 nitrogen and oxygen atoms in total. The molecule has 1 atom stereocenters. The molecule has 0 spiro atoms. The van der Waals surface area contributed by atoms with Crippen LogP contribution in [0.25, 0.3) is 0 Å². The Morgan fingerprint density at radius 2 is 1.64 bits per heavy atom. The number of hydrogen-bond donors (Lipinski definition) is 1. The molecular formula is C15H31FN3O2P. The number of nitriles is 1. The van der Waals surface area contributed by atoms with Crippen molar-refractivity contribution in [2.45, 2.75) is 71.9 Å². The van der Waals surface area contributed by atoms with Crippen molar-refractivity contribution in [2.24, 2.45) is 0 Å². The molecule has 1 N–H and O–H groups in total. The third-order valence-electron chi connectivity index (χ3n) is 3.03. The molecule has 0 fully saturated rings. The Kier molecular flexibility index (Phi) is 14.1. The molecule has 0 radical (unpaired) electrons. The summed E-state index contributed by atoms with van der Waals surface area (Å²) in [5.74, 6) is 0. The summed E-state index contributed by atoms with van der Waals surface area (Å²) < 4.78 is 25.7. The van der Waals surface area contributed by atoms with Crippen LogP contribution in [0.1, 0.15) is 59.8 Å². The van der Waals surface area contributed by atoms with Crippen molar-refractivity contribution < 1.29 is 13.5 Å². The summed E-state index contributed by atoms with van der Waals surface area (Å²) in [4.78, 5) is 0. The number of nitrogens with one attached hydrogen (secondary N) is 1. The van der Waals surface area contributed by atoms with E-state index in [0.717, 1.165) is 25.7 Å². The molecule has 0 rings (SSSR count). The van der Waals surface area contributed by atoms with E-state index in [2.05, 4.69) is 38.4 Å². The fraction of sp³-hybridized carbons (Fsp3) is 0.933. The summed E-state index contributed by atoms with van der Waals surface area (Å²) in [7, 11) is -1.13. The molecule has 130 valence electrons. The Bertz CT molecular complexity index is 293. The Labute approximate surface area is 136 Å². The molecule has 1 unspecified atom stereocenters. The highest BCUT2D eigenvalue weighted by Crippen LogP contribution is 2.46. The van der Waals surface area contributed by atoms with Gasteiger partial charge in [0.15, 0.2) is 0 Å². The van der Waals surface area contributed by atoms with E-state index in [0.29, 0.717) is 38.3 Å². The zero-order valence-corrected chi connectivity index (χ0v) is 15.2. The fourth-order valence-corrected chi connectivity index (χ4v) is 3.73. The van der Waals surface area contributed by atoms with E-state index in [1.54, 1.807) is 5.54 Å². The van der Waals surface area contributed by atoms with Crippen molar-refractivity contribution >= 4 is 8.53 Å². The predicted molar refractivity (Wildman–Crippen MR) is 88.7 cm³/mol. The van der Waals surface area contributed by atoms with Crippen LogP contribution in [-0.2, 0) is 9.05 Å². The maximum absolute atomic E-state index is 11.7. The van der Waals surface area contributed by atoms with E-state index in [4.69, 9.17) is 14.3 Å². The lowest BCUT2D eigenvalue weighted by atomic mass is 10.2. The van der Waals surface area contributed by atoms with Gasteiger partial charge in [-0.15, -0.1) is 4.48 Å². The molecule has 0 aliphatic rings. The van der Waals surface area contributed by atoms with Gasteiger partial charge in [0.1, 0.15) is 0 Å². The van der Waals surface area contributed by atoms with Gasteiger partial charge in [0, 0.05) is 18.6 Å². The molecule has 0 saturated heterocycles. The smallest absolute Gasteiger partial charge is 0.259 e. The molecule has 0 aromatic rings. The normalized spacial score (nSPS) is 13.0. The van der Waals surface area contributed by atoms with E-state index in [9.17, 15) is 4.48 Å². The average molecular weight is 335 g/mol. The number of nitrogens with zero attached hydrogens (tertiary/aromatic N) is 2. The van der Waals surface area contributed by atoms with E-state index < -0.39 is 8.53 Å². The van der Waals surface area contributed by atoms with Gasteiger partial charge >= 0.3 is 0 Å². The Hall–Kier alpha value is -0.310. The van der Waals surface area contributed by atoms with Crippen molar-refractivity contribution in [2.75, 3.05) is 19.8 Å². The zero-order valence-electron chi connectivity index (χ0n) is 14.3. The van der Waals surface area contributed by atoms with Crippen LogP contribution in [0.5, 0.6) is 0 Å². The summed E-state index contributed by atoms with van der Waals surface area (Å²) in [6.45, 7) is 9.94. The maximum Gasteiger partial charge on any atom is 0.259 e. The first-order valence-corrected chi connectivity index (χ1v) is 9.22. The van der Waals surface area contributed by atoms with Gasteiger partial charge in [-0.25, -0.2) is 4.67 Å².